The van der Waals surface area contributed by atoms with Gasteiger partial charge in [0.15, 0.2) is 0 Å². The van der Waals surface area contributed by atoms with Gasteiger partial charge in [-0.25, -0.2) is 4.63 Å². The maximum Gasteiger partial charge on any atom is 0.145 e. The first kappa shape index (κ1) is 13.5. The van der Waals surface area contributed by atoms with Crippen LogP contribution in [0.25, 0.3) is 0 Å². The molecule has 5 nitrogen and oxygen atoms in total. The molecule has 1 atom stereocenters. The third-order valence-electron chi connectivity index (χ3n) is 3.18. The lowest BCUT2D eigenvalue weighted by Gasteiger charge is -2.16. The first-order valence-corrected chi connectivity index (χ1v) is 6.30. The standard InChI is InChI=1S/C14H19N3O2/c1-9-5-6-12(10(2)15-4)14(7-9)18-8-13-11(3)16-19-17-13/h5-7,10,15H,8H2,1-4H3. The minimum atomic E-state index is 0.229. The predicted octanol–water partition coefficient (Wildman–Crippen LogP) is 2.55. The van der Waals surface area contributed by atoms with Gasteiger partial charge in [0.2, 0.25) is 0 Å². The molecule has 0 saturated heterocycles. The summed E-state index contributed by atoms with van der Waals surface area (Å²) < 4.78 is 10.5. The zero-order valence-corrected chi connectivity index (χ0v) is 11.7. The lowest BCUT2D eigenvalue weighted by Crippen LogP contribution is -2.14. The van der Waals surface area contributed by atoms with Crippen LogP contribution in [0.5, 0.6) is 5.75 Å². The minimum absolute atomic E-state index is 0.229. The summed E-state index contributed by atoms with van der Waals surface area (Å²) in [5.41, 5.74) is 3.78. The average Bonchev–Trinajstić information content (AvgIpc) is 2.81. The molecule has 2 aromatic rings. The van der Waals surface area contributed by atoms with Crippen LogP contribution >= 0.6 is 0 Å². The zero-order chi connectivity index (χ0) is 13.8. The highest BCUT2D eigenvalue weighted by atomic mass is 16.6. The van der Waals surface area contributed by atoms with Crippen molar-refractivity contribution in [1.82, 2.24) is 15.6 Å². The van der Waals surface area contributed by atoms with Crippen molar-refractivity contribution < 1.29 is 9.37 Å². The molecule has 0 radical (unpaired) electrons. The van der Waals surface area contributed by atoms with Crippen LogP contribution in [-0.4, -0.2) is 17.4 Å². The Bertz CT molecular complexity index is 551. The summed E-state index contributed by atoms with van der Waals surface area (Å²) in [4.78, 5) is 0. The van der Waals surface area contributed by atoms with Gasteiger partial charge >= 0.3 is 0 Å². The summed E-state index contributed by atoms with van der Waals surface area (Å²) in [6.07, 6.45) is 0. The van der Waals surface area contributed by atoms with Gasteiger partial charge in [0.25, 0.3) is 0 Å². The molecule has 1 unspecified atom stereocenters. The molecule has 0 bridgehead atoms. The highest BCUT2D eigenvalue weighted by Gasteiger charge is 2.12. The fraction of sp³-hybridized carbons (Fsp3) is 0.429. The van der Waals surface area contributed by atoms with Crippen molar-refractivity contribution in [2.75, 3.05) is 7.05 Å². The number of nitrogens with zero attached hydrogens (tertiary/aromatic N) is 2. The topological polar surface area (TPSA) is 60.2 Å². The monoisotopic (exact) mass is 261 g/mol. The molecule has 19 heavy (non-hydrogen) atoms. The number of nitrogens with one attached hydrogen (secondary N) is 1. The van der Waals surface area contributed by atoms with Crippen LogP contribution < -0.4 is 10.1 Å². The van der Waals surface area contributed by atoms with Crippen LogP contribution in [-0.2, 0) is 6.61 Å². The zero-order valence-electron chi connectivity index (χ0n) is 11.7. The molecular formula is C14H19N3O2. The Hall–Kier alpha value is -1.88. The highest BCUT2D eigenvalue weighted by molar-refractivity contribution is 5.39. The van der Waals surface area contributed by atoms with Crippen molar-refractivity contribution in [2.24, 2.45) is 0 Å². The third-order valence-corrected chi connectivity index (χ3v) is 3.18. The maximum atomic E-state index is 5.86. The van der Waals surface area contributed by atoms with Gasteiger partial charge in [0.05, 0.1) is 0 Å². The van der Waals surface area contributed by atoms with Crippen molar-refractivity contribution in [3.05, 3.63) is 40.7 Å². The number of hydrogen-bond donors (Lipinski definition) is 1. The number of aryl methyl sites for hydroxylation is 2. The molecule has 0 saturated carbocycles. The molecule has 1 aromatic carbocycles. The van der Waals surface area contributed by atoms with Gasteiger partial charge in [0, 0.05) is 11.6 Å². The van der Waals surface area contributed by atoms with Crippen molar-refractivity contribution in [1.29, 1.82) is 0 Å². The summed E-state index contributed by atoms with van der Waals surface area (Å²) >= 11 is 0. The molecule has 102 valence electrons. The second-order valence-electron chi connectivity index (χ2n) is 4.64. The number of rotatable bonds is 5. The molecule has 1 heterocycles. The Morgan fingerprint density at radius 3 is 2.74 bits per heavy atom. The summed E-state index contributed by atoms with van der Waals surface area (Å²) in [5, 5.41) is 10.8. The van der Waals surface area contributed by atoms with Gasteiger partial charge < -0.3 is 10.1 Å². The Kier molecular flexibility index (Phi) is 4.16. The largest absolute Gasteiger partial charge is 0.487 e. The van der Waals surface area contributed by atoms with Gasteiger partial charge in [-0.15, -0.1) is 0 Å². The van der Waals surface area contributed by atoms with E-state index < -0.39 is 0 Å². The lowest BCUT2D eigenvalue weighted by atomic mass is 10.1. The Labute approximate surface area is 112 Å². The van der Waals surface area contributed by atoms with E-state index in [0.29, 0.717) is 6.61 Å². The second kappa shape index (κ2) is 5.84. The normalized spacial score (nSPS) is 12.4. The molecule has 0 spiro atoms. The van der Waals surface area contributed by atoms with E-state index in [1.165, 1.54) is 0 Å². The quantitative estimate of drug-likeness (QED) is 0.896. The third kappa shape index (κ3) is 3.12. The molecule has 0 aliphatic carbocycles. The van der Waals surface area contributed by atoms with E-state index in [1.807, 2.05) is 27.0 Å². The second-order valence-corrected chi connectivity index (χ2v) is 4.64. The van der Waals surface area contributed by atoms with E-state index in [1.54, 1.807) is 0 Å². The van der Waals surface area contributed by atoms with E-state index in [0.717, 1.165) is 28.3 Å². The van der Waals surface area contributed by atoms with Crippen LogP contribution in [0.3, 0.4) is 0 Å². The van der Waals surface area contributed by atoms with Crippen LogP contribution in [0, 0.1) is 13.8 Å². The molecule has 1 aromatic heterocycles. The van der Waals surface area contributed by atoms with E-state index >= 15 is 0 Å². The first-order chi connectivity index (χ1) is 9.11. The minimum Gasteiger partial charge on any atom is -0.487 e. The van der Waals surface area contributed by atoms with Crippen molar-refractivity contribution in [2.45, 2.75) is 33.4 Å². The molecule has 0 amide bonds. The fourth-order valence-electron chi connectivity index (χ4n) is 1.81. The summed E-state index contributed by atoms with van der Waals surface area (Å²) in [6.45, 7) is 6.36. The molecule has 2 rings (SSSR count). The molecule has 0 aliphatic heterocycles. The molecule has 5 heteroatoms. The average molecular weight is 261 g/mol. The van der Waals surface area contributed by atoms with Crippen molar-refractivity contribution >= 4 is 0 Å². The molecule has 0 aliphatic rings. The smallest absolute Gasteiger partial charge is 0.145 e. The molecular weight excluding hydrogens is 242 g/mol. The molecule has 1 N–H and O–H groups in total. The predicted molar refractivity (Wildman–Crippen MR) is 72.0 cm³/mol. The van der Waals surface area contributed by atoms with Crippen LogP contribution in [0.2, 0.25) is 0 Å². The number of aromatic nitrogens is 2. The highest BCUT2D eigenvalue weighted by Crippen LogP contribution is 2.27. The van der Waals surface area contributed by atoms with E-state index in [-0.39, 0.29) is 6.04 Å². The summed E-state index contributed by atoms with van der Waals surface area (Å²) in [6, 6.07) is 6.43. The van der Waals surface area contributed by atoms with Crippen LogP contribution in [0.1, 0.15) is 35.5 Å². The fourth-order valence-corrected chi connectivity index (χ4v) is 1.81. The van der Waals surface area contributed by atoms with Gasteiger partial charge in [0.1, 0.15) is 23.7 Å². The lowest BCUT2D eigenvalue weighted by molar-refractivity contribution is 0.267. The van der Waals surface area contributed by atoms with E-state index in [2.05, 4.69) is 39.3 Å². The van der Waals surface area contributed by atoms with E-state index in [9.17, 15) is 0 Å². The Morgan fingerprint density at radius 1 is 1.32 bits per heavy atom. The van der Waals surface area contributed by atoms with Crippen molar-refractivity contribution in [3.63, 3.8) is 0 Å². The van der Waals surface area contributed by atoms with Crippen molar-refractivity contribution in [3.8, 4) is 5.75 Å². The first-order valence-electron chi connectivity index (χ1n) is 6.30. The van der Waals surface area contributed by atoms with Gasteiger partial charge in [-0.3, -0.25) is 0 Å². The summed E-state index contributed by atoms with van der Waals surface area (Å²) in [5.74, 6) is 0.865. The number of ether oxygens (including phenoxy) is 1. The number of hydrogen-bond acceptors (Lipinski definition) is 5. The van der Waals surface area contributed by atoms with E-state index in [4.69, 9.17) is 4.74 Å². The molecule has 0 fully saturated rings. The van der Waals surface area contributed by atoms with Crippen LogP contribution in [0.15, 0.2) is 22.8 Å². The van der Waals surface area contributed by atoms with Crippen LogP contribution in [0.4, 0.5) is 0 Å². The number of benzene rings is 1. The SMILES string of the molecule is CNC(C)c1ccc(C)cc1OCc1nonc1C. The van der Waals surface area contributed by atoms with Gasteiger partial charge in [-0.05, 0) is 39.4 Å². The Morgan fingerprint density at radius 2 is 2.11 bits per heavy atom. The van der Waals surface area contributed by atoms with Gasteiger partial charge in [-0.1, -0.05) is 22.4 Å². The van der Waals surface area contributed by atoms with Gasteiger partial charge in [-0.2, -0.15) is 0 Å². The summed E-state index contributed by atoms with van der Waals surface area (Å²) in [7, 11) is 1.93. The maximum absolute atomic E-state index is 5.86. The Balaban J connectivity index is 2.19.